The molecule has 2 heterocycles. The quantitative estimate of drug-likeness (QED) is 0.423. The van der Waals surface area contributed by atoms with Gasteiger partial charge in [0.2, 0.25) is 11.8 Å². The number of hydrogen-bond acceptors (Lipinski definition) is 5. The lowest BCUT2D eigenvalue weighted by molar-refractivity contribution is -0.140. The summed E-state index contributed by atoms with van der Waals surface area (Å²) in [4.78, 5) is 43.9. The van der Waals surface area contributed by atoms with Crippen LogP contribution in [0.1, 0.15) is 22.6 Å². The molecule has 3 atom stereocenters. The Labute approximate surface area is 249 Å². The molecular formula is C32H33ClFN3O5. The number of carbonyl (C=O) groups excluding carboxylic acids is 3. The molecule has 1 N–H and O–H groups in total. The summed E-state index contributed by atoms with van der Waals surface area (Å²) in [7, 11) is 0. The number of likely N-dealkylation sites (tertiary alicyclic amines) is 1. The maximum Gasteiger partial charge on any atom is 0.410 e. The molecule has 8 nitrogen and oxygen atoms in total. The third-order valence-corrected chi connectivity index (χ3v) is 7.91. The van der Waals surface area contributed by atoms with Crippen molar-refractivity contribution in [3.8, 4) is 0 Å². The second-order valence-electron chi connectivity index (χ2n) is 10.4. The number of rotatable bonds is 8. The first-order chi connectivity index (χ1) is 20.4. The first-order valence-corrected chi connectivity index (χ1v) is 14.4. The molecule has 10 heteroatoms. The lowest BCUT2D eigenvalue weighted by Gasteiger charge is -2.31. The van der Waals surface area contributed by atoms with E-state index in [-0.39, 0.29) is 18.9 Å². The van der Waals surface area contributed by atoms with Crippen LogP contribution < -0.4 is 5.32 Å². The van der Waals surface area contributed by atoms with Crippen molar-refractivity contribution in [2.45, 2.75) is 30.9 Å². The molecule has 42 heavy (non-hydrogen) atoms. The van der Waals surface area contributed by atoms with Gasteiger partial charge in [0.05, 0.1) is 19.6 Å². The summed E-state index contributed by atoms with van der Waals surface area (Å²) >= 11 is 6.03. The second kappa shape index (κ2) is 13.8. The molecule has 2 fully saturated rings. The molecule has 2 aliphatic heterocycles. The van der Waals surface area contributed by atoms with Gasteiger partial charge < -0.3 is 24.6 Å². The van der Waals surface area contributed by atoms with Crippen LogP contribution in [0.5, 0.6) is 0 Å². The van der Waals surface area contributed by atoms with Crippen LogP contribution in [0.15, 0.2) is 78.9 Å². The highest BCUT2D eigenvalue weighted by Gasteiger charge is 2.50. The van der Waals surface area contributed by atoms with E-state index in [0.717, 1.165) is 11.1 Å². The van der Waals surface area contributed by atoms with Crippen molar-refractivity contribution in [3.63, 3.8) is 0 Å². The van der Waals surface area contributed by atoms with Crippen LogP contribution in [0.4, 0.5) is 9.18 Å². The summed E-state index contributed by atoms with van der Waals surface area (Å²) in [5, 5.41) is 3.51. The Morgan fingerprint density at radius 1 is 0.929 bits per heavy atom. The Bertz CT molecular complexity index is 1370. The van der Waals surface area contributed by atoms with Gasteiger partial charge in [-0.2, -0.15) is 0 Å². The number of nitrogens with one attached hydrogen (secondary N) is 1. The van der Waals surface area contributed by atoms with E-state index in [2.05, 4.69) is 5.32 Å². The summed E-state index contributed by atoms with van der Waals surface area (Å²) in [6, 6.07) is 21.4. The molecule has 5 rings (SSSR count). The summed E-state index contributed by atoms with van der Waals surface area (Å²) in [5.41, 5.74) is 2.46. The third kappa shape index (κ3) is 7.27. The fourth-order valence-corrected chi connectivity index (χ4v) is 5.55. The van der Waals surface area contributed by atoms with Gasteiger partial charge in [-0.15, -0.1) is 0 Å². The highest BCUT2D eigenvalue weighted by Crippen LogP contribution is 2.36. The SMILES string of the molecule is O=C(NCCc1ccccc1)[C@@H]1[C@H](OC(=O)N2CCOCC2)[C@@H](c2ccc(F)cc2)CN1C(=O)Cc1ccc(Cl)cc1. The average Bonchev–Trinajstić information content (AvgIpc) is 3.39. The first-order valence-electron chi connectivity index (χ1n) is 14.0. The zero-order chi connectivity index (χ0) is 29.5. The maximum atomic E-state index is 13.8. The van der Waals surface area contributed by atoms with Gasteiger partial charge in [0.15, 0.2) is 0 Å². The minimum absolute atomic E-state index is 0.0330. The van der Waals surface area contributed by atoms with Gasteiger partial charge in [0.25, 0.3) is 0 Å². The van der Waals surface area contributed by atoms with E-state index in [4.69, 9.17) is 21.1 Å². The zero-order valence-corrected chi connectivity index (χ0v) is 23.8. The molecule has 0 unspecified atom stereocenters. The van der Waals surface area contributed by atoms with E-state index in [1.165, 1.54) is 21.9 Å². The Morgan fingerprint density at radius 3 is 2.31 bits per heavy atom. The third-order valence-electron chi connectivity index (χ3n) is 7.65. The van der Waals surface area contributed by atoms with Gasteiger partial charge in [-0.3, -0.25) is 9.59 Å². The van der Waals surface area contributed by atoms with Crippen molar-refractivity contribution in [1.29, 1.82) is 0 Å². The minimum atomic E-state index is -1.08. The molecule has 0 aromatic heterocycles. The van der Waals surface area contributed by atoms with Gasteiger partial charge >= 0.3 is 6.09 Å². The maximum absolute atomic E-state index is 13.8. The van der Waals surface area contributed by atoms with E-state index in [1.807, 2.05) is 30.3 Å². The van der Waals surface area contributed by atoms with Gasteiger partial charge in [-0.25, -0.2) is 9.18 Å². The summed E-state index contributed by atoms with van der Waals surface area (Å²) < 4.78 is 25.3. The fourth-order valence-electron chi connectivity index (χ4n) is 5.42. The molecule has 0 bridgehead atoms. The molecule has 0 radical (unpaired) electrons. The van der Waals surface area contributed by atoms with Gasteiger partial charge in [-0.05, 0) is 47.4 Å². The lowest BCUT2D eigenvalue weighted by Crippen LogP contribution is -2.53. The van der Waals surface area contributed by atoms with Gasteiger partial charge in [-0.1, -0.05) is 66.2 Å². The largest absolute Gasteiger partial charge is 0.443 e. The molecular weight excluding hydrogens is 561 g/mol. The molecule has 0 aliphatic carbocycles. The van der Waals surface area contributed by atoms with Crippen LogP contribution in [-0.2, 0) is 31.9 Å². The van der Waals surface area contributed by atoms with Crippen molar-refractivity contribution in [3.05, 3.63) is 106 Å². The number of benzene rings is 3. The Hall–Kier alpha value is -3.95. The number of ether oxygens (including phenoxy) is 2. The highest BCUT2D eigenvalue weighted by atomic mass is 35.5. The zero-order valence-electron chi connectivity index (χ0n) is 23.1. The smallest absolute Gasteiger partial charge is 0.410 e. The molecule has 2 saturated heterocycles. The van der Waals surface area contributed by atoms with E-state index in [0.29, 0.717) is 49.9 Å². The Kier molecular flexibility index (Phi) is 9.71. The van der Waals surface area contributed by atoms with Crippen molar-refractivity contribution < 1.29 is 28.2 Å². The molecule has 220 valence electrons. The molecule has 2 aliphatic rings. The predicted molar refractivity (Wildman–Crippen MR) is 156 cm³/mol. The predicted octanol–water partition coefficient (Wildman–Crippen LogP) is 4.21. The van der Waals surface area contributed by atoms with E-state index in [1.54, 1.807) is 36.4 Å². The van der Waals surface area contributed by atoms with Crippen LogP contribution in [0.25, 0.3) is 0 Å². The summed E-state index contributed by atoms with van der Waals surface area (Å²) in [6.07, 6.45) is -0.940. The standard InChI is InChI=1S/C32H33ClFN3O5/c33-25-10-6-23(7-11-25)20-28(38)37-21-27(24-8-12-26(34)13-9-24)30(42-32(40)36-16-18-41-19-17-36)29(37)31(39)35-15-14-22-4-2-1-3-5-22/h1-13,27,29-30H,14-21H2,(H,35,39)/t27-,29+,30-/m1/s1. The van der Waals surface area contributed by atoms with E-state index < -0.39 is 35.9 Å². The molecule has 3 aromatic rings. The number of carbonyl (C=O) groups is 3. The second-order valence-corrected chi connectivity index (χ2v) is 10.9. The van der Waals surface area contributed by atoms with Crippen LogP contribution in [0.3, 0.4) is 0 Å². The Morgan fingerprint density at radius 2 is 1.62 bits per heavy atom. The molecule has 3 aromatic carbocycles. The molecule has 0 spiro atoms. The highest BCUT2D eigenvalue weighted by molar-refractivity contribution is 6.30. The van der Waals surface area contributed by atoms with Crippen LogP contribution in [0.2, 0.25) is 5.02 Å². The number of amides is 3. The Balaban J connectivity index is 1.43. The van der Waals surface area contributed by atoms with Crippen molar-refractivity contribution in [2.75, 3.05) is 39.4 Å². The van der Waals surface area contributed by atoms with Crippen LogP contribution in [-0.4, -0.2) is 79.2 Å². The van der Waals surface area contributed by atoms with Crippen molar-refractivity contribution >= 4 is 29.5 Å². The first kappa shape index (κ1) is 29.5. The number of morpholine rings is 1. The number of nitrogens with zero attached hydrogens (tertiary/aromatic N) is 2. The van der Waals surface area contributed by atoms with Crippen molar-refractivity contribution in [1.82, 2.24) is 15.1 Å². The van der Waals surface area contributed by atoms with E-state index >= 15 is 0 Å². The van der Waals surface area contributed by atoms with Gasteiger partial charge in [0, 0.05) is 37.1 Å². The monoisotopic (exact) mass is 593 g/mol. The van der Waals surface area contributed by atoms with Crippen LogP contribution >= 0.6 is 11.6 Å². The van der Waals surface area contributed by atoms with E-state index in [9.17, 15) is 18.8 Å². The fraction of sp³-hybridized carbons (Fsp3) is 0.344. The summed E-state index contributed by atoms with van der Waals surface area (Å²) in [6.45, 7) is 1.95. The number of hydrogen-bond donors (Lipinski definition) is 1. The minimum Gasteiger partial charge on any atom is -0.443 e. The van der Waals surface area contributed by atoms with Gasteiger partial charge in [0.1, 0.15) is 18.0 Å². The van der Waals surface area contributed by atoms with Crippen LogP contribution in [0, 0.1) is 5.82 Å². The van der Waals surface area contributed by atoms with Crippen molar-refractivity contribution in [2.24, 2.45) is 0 Å². The molecule has 0 saturated carbocycles. The average molecular weight is 594 g/mol. The normalized spacial score (nSPS) is 20.3. The molecule has 3 amide bonds. The topological polar surface area (TPSA) is 88.2 Å². The number of halogens is 2. The lowest BCUT2D eigenvalue weighted by atomic mass is 9.93. The summed E-state index contributed by atoms with van der Waals surface area (Å²) in [5.74, 6) is -1.67.